The molecule has 0 spiro atoms. The van der Waals surface area contributed by atoms with Crippen LogP contribution in [0, 0.1) is 0 Å². The summed E-state index contributed by atoms with van der Waals surface area (Å²) in [7, 11) is 3.53. The van der Waals surface area contributed by atoms with Crippen LogP contribution >= 0.6 is 34.9 Å². The monoisotopic (exact) mass is 331 g/mol. The molecule has 1 fully saturated rings. The number of hydrogen-bond acceptors (Lipinski definition) is 6. The summed E-state index contributed by atoms with van der Waals surface area (Å²) in [6.45, 7) is 4.30. The molecule has 20 heavy (non-hydrogen) atoms. The maximum absolute atomic E-state index is 12.2. The fourth-order valence-corrected chi connectivity index (χ4v) is 5.44. The summed E-state index contributed by atoms with van der Waals surface area (Å²) in [5.74, 6) is 1.12. The van der Waals surface area contributed by atoms with E-state index in [9.17, 15) is 4.79 Å². The lowest BCUT2D eigenvalue weighted by Gasteiger charge is -2.31. The second-order valence-electron chi connectivity index (χ2n) is 5.01. The van der Waals surface area contributed by atoms with Crippen LogP contribution in [0.15, 0.2) is 4.90 Å². The summed E-state index contributed by atoms with van der Waals surface area (Å²) in [5, 5.41) is 1.78. The zero-order chi connectivity index (χ0) is 14.9. The molecule has 1 aromatic heterocycles. The van der Waals surface area contributed by atoms with E-state index in [4.69, 9.17) is 5.73 Å². The second kappa shape index (κ2) is 6.49. The van der Waals surface area contributed by atoms with Crippen LogP contribution in [0.3, 0.4) is 0 Å². The molecule has 1 atom stereocenters. The average Bonchev–Trinajstić information content (AvgIpc) is 2.74. The molecule has 1 saturated heterocycles. The number of hydrogen-bond donors (Lipinski definition) is 1. The minimum Gasteiger partial charge on any atom is -0.396 e. The molecule has 1 aliphatic rings. The van der Waals surface area contributed by atoms with Crippen molar-refractivity contribution >= 4 is 51.5 Å². The molecule has 2 rings (SSSR count). The smallest absolute Gasteiger partial charge is 0.265 e. The van der Waals surface area contributed by atoms with Gasteiger partial charge in [-0.25, -0.2) is 0 Å². The highest BCUT2D eigenvalue weighted by Crippen LogP contribution is 2.45. The molecule has 2 heterocycles. The number of nitrogen functional groups attached to an aromatic ring is 1. The second-order valence-corrected chi connectivity index (χ2v) is 8.37. The predicted molar refractivity (Wildman–Crippen MR) is 92.7 cm³/mol. The molecule has 1 aromatic rings. The number of carbonyl (C=O) groups is 1. The van der Waals surface area contributed by atoms with Gasteiger partial charge in [-0.2, -0.15) is 11.8 Å². The first-order valence-corrected chi connectivity index (χ1v) is 9.59. The number of thioether (sulfide) groups is 2. The largest absolute Gasteiger partial charge is 0.396 e. The Hall–Kier alpha value is -0.530. The van der Waals surface area contributed by atoms with Crippen molar-refractivity contribution in [1.29, 1.82) is 0 Å². The van der Waals surface area contributed by atoms with Crippen LogP contribution in [0.4, 0.5) is 10.7 Å². The van der Waals surface area contributed by atoms with Crippen molar-refractivity contribution in [1.82, 2.24) is 4.90 Å². The van der Waals surface area contributed by atoms with E-state index >= 15 is 0 Å². The SMILES string of the molecule is CSc1c(N2CCSC(C)C2)sc(C(=O)N(C)C)c1N. The molecule has 1 unspecified atom stereocenters. The number of nitrogens with zero attached hydrogens (tertiary/aromatic N) is 2. The lowest BCUT2D eigenvalue weighted by atomic mass is 10.3. The molecule has 7 heteroatoms. The molecule has 0 aliphatic carbocycles. The van der Waals surface area contributed by atoms with E-state index in [2.05, 4.69) is 11.8 Å². The van der Waals surface area contributed by atoms with E-state index in [0.29, 0.717) is 15.8 Å². The fraction of sp³-hybridized carbons (Fsp3) is 0.615. The first kappa shape index (κ1) is 15.9. The molecule has 112 valence electrons. The summed E-state index contributed by atoms with van der Waals surface area (Å²) >= 11 is 5.17. The van der Waals surface area contributed by atoms with Crippen molar-refractivity contribution in [2.24, 2.45) is 0 Å². The van der Waals surface area contributed by atoms with Crippen LogP contribution in [0.2, 0.25) is 0 Å². The normalized spacial score (nSPS) is 19.2. The van der Waals surface area contributed by atoms with Gasteiger partial charge in [0.2, 0.25) is 0 Å². The van der Waals surface area contributed by atoms with E-state index < -0.39 is 0 Å². The third-order valence-corrected chi connectivity index (χ3v) is 6.56. The van der Waals surface area contributed by atoms with Gasteiger partial charge in [-0.05, 0) is 6.26 Å². The summed E-state index contributed by atoms with van der Waals surface area (Å²) in [6, 6.07) is 0. The van der Waals surface area contributed by atoms with Gasteiger partial charge in [0.05, 0.1) is 10.6 Å². The zero-order valence-electron chi connectivity index (χ0n) is 12.3. The number of carbonyl (C=O) groups excluding carboxylic acids is 1. The van der Waals surface area contributed by atoms with Gasteiger partial charge in [0, 0.05) is 38.2 Å². The van der Waals surface area contributed by atoms with E-state index in [1.54, 1.807) is 30.8 Å². The number of thiophene rings is 1. The van der Waals surface area contributed by atoms with Crippen molar-refractivity contribution < 1.29 is 4.79 Å². The molecule has 4 nitrogen and oxygen atoms in total. The fourth-order valence-electron chi connectivity index (χ4n) is 2.19. The minimum atomic E-state index is -0.00603. The Labute approximate surface area is 133 Å². The molecular weight excluding hydrogens is 310 g/mol. The van der Waals surface area contributed by atoms with Crippen molar-refractivity contribution in [2.75, 3.05) is 49.8 Å². The van der Waals surface area contributed by atoms with Gasteiger partial charge in [-0.3, -0.25) is 4.79 Å². The van der Waals surface area contributed by atoms with Gasteiger partial charge < -0.3 is 15.5 Å². The first-order chi connectivity index (χ1) is 9.45. The topological polar surface area (TPSA) is 49.6 Å². The van der Waals surface area contributed by atoms with Gasteiger partial charge in [-0.15, -0.1) is 23.1 Å². The highest BCUT2D eigenvalue weighted by atomic mass is 32.2. The van der Waals surface area contributed by atoms with Gasteiger partial charge in [0.15, 0.2) is 0 Å². The molecule has 1 aliphatic heterocycles. The standard InChI is InChI=1S/C13H21N3OS3/c1-8-7-16(5-6-19-8)13-11(18-4)9(14)10(20-13)12(17)15(2)3/h8H,5-7,14H2,1-4H3. The van der Waals surface area contributed by atoms with Crippen LogP contribution in [-0.2, 0) is 0 Å². The highest BCUT2D eigenvalue weighted by Gasteiger charge is 2.27. The minimum absolute atomic E-state index is 0.00603. The average molecular weight is 332 g/mol. The Morgan fingerprint density at radius 3 is 2.75 bits per heavy atom. The van der Waals surface area contributed by atoms with Crippen molar-refractivity contribution in [3.8, 4) is 0 Å². The zero-order valence-corrected chi connectivity index (χ0v) is 14.8. The molecular formula is C13H21N3OS3. The quantitative estimate of drug-likeness (QED) is 0.863. The lowest BCUT2D eigenvalue weighted by molar-refractivity contribution is 0.0833. The third kappa shape index (κ3) is 3.04. The summed E-state index contributed by atoms with van der Waals surface area (Å²) in [6.07, 6.45) is 2.02. The Balaban J connectivity index is 2.37. The predicted octanol–water partition coefficient (Wildman–Crippen LogP) is 2.70. The number of rotatable bonds is 3. The summed E-state index contributed by atoms with van der Waals surface area (Å²) < 4.78 is 0. The number of nitrogens with two attached hydrogens (primary N) is 1. The highest BCUT2D eigenvalue weighted by molar-refractivity contribution is 8.00. The maximum atomic E-state index is 12.2. The van der Waals surface area contributed by atoms with Crippen LogP contribution < -0.4 is 10.6 Å². The molecule has 1 amide bonds. The molecule has 0 saturated carbocycles. The van der Waals surface area contributed by atoms with Gasteiger partial charge in [0.1, 0.15) is 9.88 Å². The van der Waals surface area contributed by atoms with Crippen LogP contribution in [-0.4, -0.2) is 55.3 Å². The van der Waals surface area contributed by atoms with E-state index in [1.807, 2.05) is 18.0 Å². The van der Waals surface area contributed by atoms with Crippen molar-refractivity contribution in [3.63, 3.8) is 0 Å². The molecule has 0 radical (unpaired) electrons. The number of anilines is 2. The van der Waals surface area contributed by atoms with Gasteiger partial charge in [0.25, 0.3) is 5.91 Å². The van der Waals surface area contributed by atoms with Crippen molar-refractivity contribution in [2.45, 2.75) is 17.1 Å². The summed E-state index contributed by atoms with van der Waals surface area (Å²) in [4.78, 5) is 17.9. The lowest BCUT2D eigenvalue weighted by Crippen LogP contribution is -2.36. The molecule has 0 bridgehead atoms. The van der Waals surface area contributed by atoms with Gasteiger partial charge >= 0.3 is 0 Å². The Morgan fingerprint density at radius 2 is 2.20 bits per heavy atom. The van der Waals surface area contributed by atoms with Crippen LogP contribution in [0.25, 0.3) is 0 Å². The Morgan fingerprint density at radius 1 is 1.50 bits per heavy atom. The van der Waals surface area contributed by atoms with E-state index in [-0.39, 0.29) is 5.91 Å². The van der Waals surface area contributed by atoms with Crippen LogP contribution in [0.5, 0.6) is 0 Å². The first-order valence-electron chi connectivity index (χ1n) is 6.50. The maximum Gasteiger partial charge on any atom is 0.265 e. The van der Waals surface area contributed by atoms with Gasteiger partial charge in [-0.1, -0.05) is 6.92 Å². The van der Waals surface area contributed by atoms with Crippen molar-refractivity contribution in [3.05, 3.63) is 4.88 Å². The molecule has 2 N–H and O–H groups in total. The third-order valence-electron chi connectivity index (χ3n) is 3.22. The van der Waals surface area contributed by atoms with Crippen LogP contribution in [0.1, 0.15) is 16.6 Å². The summed E-state index contributed by atoms with van der Waals surface area (Å²) in [5.41, 5.74) is 6.85. The van der Waals surface area contributed by atoms with E-state index in [0.717, 1.165) is 28.7 Å². The Kier molecular flexibility index (Phi) is 5.14. The van der Waals surface area contributed by atoms with E-state index in [1.165, 1.54) is 11.3 Å². The number of amides is 1. The Bertz CT molecular complexity index is 501. The molecule has 0 aromatic carbocycles.